The summed E-state index contributed by atoms with van der Waals surface area (Å²) in [5, 5.41) is 17.8. The van der Waals surface area contributed by atoms with E-state index in [1.165, 1.54) is 0 Å². The smallest absolute Gasteiger partial charge is 0.144 e. The van der Waals surface area contributed by atoms with Crippen molar-refractivity contribution in [2.24, 2.45) is 0 Å². The van der Waals surface area contributed by atoms with E-state index in [9.17, 15) is 5.26 Å². The number of hydrogen-bond acceptors (Lipinski definition) is 7. The van der Waals surface area contributed by atoms with Crippen molar-refractivity contribution in [1.82, 2.24) is 9.97 Å². The van der Waals surface area contributed by atoms with Gasteiger partial charge in [0.25, 0.3) is 0 Å². The van der Waals surface area contributed by atoms with E-state index in [2.05, 4.69) is 26.7 Å². The third-order valence-corrected chi connectivity index (χ3v) is 5.86. The van der Waals surface area contributed by atoms with Gasteiger partial charge in [-0.1, -0.05) is 17.7 Å². The molecule has 1 unspecified atom stereocenters. The zero-order valence-corrected chi connectivity index (χ0v) is 20.1. The number of rotatable bonds is 8. The number of ether oxygens (including phenoxy) is 2. The molecule has 3 aromatic rings. The first-order valence-corrected chi connectivity index (χ1v) is 11.4. The molecule has 0 fully saturated rings. The Kier molecular flexibility index (Phi) is 6.90. The Morgan fingerprint density at radius 1 is 1.24 bits per heavy atom. The first-order chi connectivity index (χ1) is 16.5. The SMILES string of the molecule is CCOc1cc2ncc(C#N)c(NC3(C)C=C(Cl)C(OCc4ccccn4)=CC3)c2cc1NC. The van der Waals surface area contributed by atoms with Crippen molar-refractivity contribution < 1.29 is 9.47 Å². The van der Waals surface area contributed by atoms with Crippen LogP contribution in [0.15, 0.2) is 65.7 Å². The molecule has 1 aromatic carbocycles. The molecular formula is C26H26ClN5O2. The lowest BCUT2D eigenvalue weighted by Crippen LogP contribution is -2.34. The van der Waals surface area contributed by atoms with Gasteiger partial charge in [-0.05, 0) is 50.6 Å². The third kappa shape index (κ3) is 4.92. The molecule has 34 heavy (non-hydrogen) atoms. The zero-order chi connectivity index (χ0) is 24.1. The molecule has 1 aliphatic rings. The van der Waals surface area contributed by atoms with Gasteiger partial charge in [-0.25, -0.2) is 0 Å². The largest absolute Gasteiger partial charge is 0.492 e. The number of hydrogen-bond donors (Lipinski definition) is 2. The number of allylic oxidation sites excluding steroid dienone is 1. The van der Waals surface area contributed by atoms with E-state index >= 15 is 0 Å². The van der Waals surface area contributed by atoms with Gasteiger partial charge in [0, 0.05) is 30.9 Å². The fraction of sp³-hybridized carbons (Fsp3) is 0.269. The van der Waals surface area contributed by atoms with E-state index in [-0.39, 0.29) is 0 Å². The molecule has 0 bridgehead atoms. The number of anilines is 2. The lowest BCUT2D eigenvalue weighted by atomic mass is 9.91. The summed E-state index contributed by atoms with van der Waals surface area (Å²) >= 11 is 6.60. The van der Waals surface area contributed by atoms with E-state index in [0.29, 0.717) is 47.4 Å². The summed E-state index contributed by atoms with van der Waals surface area (Å²) in [6, 6.07) is 11.8. The van der Waals surface area contributed by atoms with Gasteiger partial charge in [0.15, 0.2) is 0 Å². The molecular weight excluding hydrogens is 450 g/mol. The fourth-order valence-electron chi connectivity index (χ4n) is 3.86. The second-order valence-corrected chi connectivity index (χ2v) is 8.53. The van der Waals surface area contributed by atoms with Crippen LogP contribution in [0, 0.1) is 11.3 Å². The normalized spacial score (nSPS) is 17.4. The predicted octanol–water partition coefficient (Wildman–Crippen LogP) is 5.74. The standard InChI is InChI=1S/C26H26ClN5O2/c1-4-33-24-12-21-19(11-22(24)29-3)25(17(14-28)15-31-21)32-26(2)9-8-23(20(27)13-26)34-16-18-7-5-6-10-30-18/h5-8,10-13,15,29H,4,9,16H2,1-3H3,(H,31,32). The molecule has 4 rings (SSSR count). The molecule has 0 amide bonds. The van der Waals surface area contributed by atoms with Gasteiger partial charge in [0.05, 0.1) is 45.3 Å². The van der Waals surface area contributed by atoms with Crippen LogP contribution >= 0.6 is 11.6 Å². The van der Waals surface area contributed by atoms with E-state index < -0.39 is 5.54 Å². The van der Waals surface area contributed by atoms with E-state index in [4.69, 9.17) is 21.1 Å². The highest BCUT2D eigenvalue weighted by atomic mass is 35.5. The molecule has 2 aromatic heterocycles. The molecule has 0 spiro atoms. The van der Waals surface area contributed by atoms with Crippen molar-refractivity contribution >= 4 is 33.9 Å². The monoisotopic (exact) mass is 475 g/mol. The number of aromatic nitrogens is 2. The number of nitrogens with one attached hydrogen (secondary N) is 2. The second kappa shape index (κ2) is 10.0. The molecule has 2 heterocycles. The van der Waals surface area contributed by atoms with Crippen LogP contribution in [0.4, 0.5) is 11.4 Å². The first kappa shape index (κ1) is 23.4. The van der Waals surface area contributed by atoms with Gasteiger partial charge in [-0.2, -0.15) is 5.26 Å². The van der Waals surface area contributed by atoms with E-state index in [1.807, 2.05) is 63.4 Å². The molecule has 8 heteroatoms. The quantitative estimate of drug-likeness (QED) is 0.429. The minimum atomic E-state index is -0.535. The second-order valence-electron chi connectivity index (χ2n) is 8.12. The fourth-order valence-corrected chi connectivity index (χ4v) is 4.23. The molecule has 0 saturated carbocycles. The Morgan fingerprint density at radius 2 is 2.09 bits per heavy atom. The highest BCUT2D eigenvalue weighted by Gasteiger charge is 2.28. The highest BCUT2D eigenvalue weighted by molar-refractivity contribution is 6.32. The average molecular weight is 476 g/mol. The summed E-state index contributed by atoms with van der Waals surface area (Å²) in [4.78, 5) is 8.75. The zero-order valence-electron chi connectivity index (χ0n) is 19.4. The van der Waals surface area contributed by atoms with Gasteiger partial charge in [0.2, 0.25) is 0 Å². The minimum Gasteiger partial charge on any atom is -0.492 e. The van der Waals surface area contributed by atoms with Gasteiger partial charge in [-0.15, -0.1) is 0 Å². The summed E-state index contributed by atoms with van der Waals surface area (Å²) < 4.78 is 11.6. The van der Waals surface area contributed by atoms with Crippen LogP contribution in [0.2, 0.25) is 0 Å². The summed E-state index contributed by atoms with van der Waals surface area (Å²) in [7, 11) is 1.83. The molecule has 0 aliphatic heterocycles. The Labute approximate surface area is 204 Å². The van der Waals surface area contributed by atoms with Crippen LogP contribution in [-0.4, -0.2) is 29.2 Å². The molecule has 7 nitrogen and oxygen atoms in total. The predicted molar refractivity (Wildman–Crippen MR) is 135 cm³/mol. The van der Waals surface area contributed by atoms with E-state index in [1.54, 1.807) is 12.4 Å². The van der Waals surface area contributed by atoms with Crippen LogP contribution < -0.4 is 15.4 Å². The lowest BCUT2D eigenvalue weighted by Gasteiger charge is -2.32. The van der Waals surface area contributed by atoms with Crippen LogP contribution in [0.25, 0.3) is 10.9 Å². The van der Waals surface area contributed by atoms with Crippen LogP contribution in [0.1, 0.15) is 31.5 Å². The number of benzene rings is 1. The van der Waals surface area contributed by atoms with Gasteiger partial charge >= 0.3 is 0 Å². The minimum absolute atomic E-state index is 0.337. The molecule has 1 atom stereocenters. The number of halogens is 1. The maximum atomic E-state index is 9.78. The number of nitrogens with zero attached hydrogens (tertiary/aromatic N) is 3. The third-order valence-electron chi connectivity index (χ3n) is 5.56. The van der Waals surface area contributed by atoms with Crippen molar-refractivity contribution in [3.05, 3.63) is 76.9 Å². The van der Waals surface area contributed by atoms with Crippen LogP contribution in [0.3, 0.4) is 0 Å². The lowest BCUT2D eigenvalue weighted by molar-refractivity contribution is 0.202. The maximum absolute atomic E-state index is 9.78. The van der Waals surface area contributed by atoms with Crippen LogP contribution in [-0.2, 0) is 11.3 Å². The van der Waals surface area contributed by atoms with Crippen molar-refractivity contribution in [2.45, 2.75) is 32.4 Å². The van der Waals surface area contributed by atoms with E-state index in [0.717, 1.165) is 22.3 Å². The summed E-state index contributed by atoms with van der Waals surface area (Å²) in [6.45, 7) is 4.84. The molecule has 1 aliphatic carbocycles. The summed E-state index contributed by atoms with van der Waals surface area (Å²) in [5.41, 5.74) is 2.99. The summed E-state index contributed by atoms with van der Waals surface area (Å²) in [6.07, 6.45) is 7.80. The highest BCUT2D eigenvalue weighted by Crippen LogP contribution is 2.38. The van der Waals surface area contributed by atoms with Crippen molar-refractivity contribution in [3.8, 4) is 11.8 Å². The Bertz CT molecular complexity index is 1300. The topological polar surface area (TPSA) is 92.1 Å². The van der Waals surface area contributed by atoms with Crippen molar-refractivity contribution in [1.29, 1.82) is 5.26 Å². The number of fused-ring (bicyclic) bond motifs is 1. The molecule has 2 N–H and O–H groups in total. The Hall–Kier alpha value is -3.76. The van der Waals surface area contributed by atoms with Gasteiger partial charge in [-0.3, -0.25) is 9.97 Å². The first-order valence-electron chi connectivity index (χ1n) is 11.0. The van der Waals surface area contributed by atoms with Crippen molar-refractivity contribution in [3.63, 3.8) is 0 Å². The number of nitriles is 1. The van der Waals surface area contributed by atoms with Crippen LogP contribution in [0.5, 0.6) is 5.75 Å². The summed E-state index contributed by atoms with van der Waals surface area (Å²) in [5.74, 6) is 1.33. The molecule has 0 saturated heterocycles. The molecule has 0 radical (unpaired) electrons. The Balaban J connectivity index is 1.62. The van der Waals surface area contributed by atoms with Gasteiger partial charge in [0.1, 0.15) is 24.2 Å². The molecule has 174 valence electrons. The average Bonchev–Trinajstić information content (AvgIpc) is 2.84. The van der Waals surface area contributed by atoms with Gasteiger partial charge < -0.3 is 20.1 Å². The van der Waals surface area contributed by atoms with Crippen molar-refractivity contribution in [2.75, 3.05) is 24.3 Å². The Morgan fingerprint density at radius 3 is 2.76 bits per heavy atom. The maximum Gasteiger partial charge on any atom is 0.144 e. The number of pyridine rings is 2.